The van der Waals surface area contributed by atoms with Crippen LogP contribution in [0.1, 0.15) is 53.0 Å². The van der Waals surface area contributed by atoms with Crippen molar-refractivity contribution in [1.82, 2.24) is 21.3 Å². The molecule has 12 nitrogen and oxygen atoms in total. The molecule has 0 bridgehead atoms. The SMILES string of the molecule is CC(C)CC(NC(=O)C(CC(C)C)NC(=O)C(Cc1ccccc1)NC(=O)C(N)CO)C(=O)NC(C)C(N)=O. The monoisotopic (exact) mass is 548 g/mol. The smallest absolute Gasteiger partial charge is 0.243 e. The van der Waals surface area contributed by atoms with Crippen molar-refractivity contribution in [2.75, 3.05) is 6.61 Å². The molecule has 1 aromatic carbocycles. The molecule has 1 aromatic rings. The average molecular weight is 549 g/mol. The van der Waals surface area contributed by atoms with Crippen molar-refractivity contribution in [3.8, 4) is 0 Å². The van der Waals surface area contributed by atoms with E-state index < -0.39 is 66.4 Å². The summed E-state index contributed by atoms with van der Waals surface area (Å²) >= 11 is 0. The quantitative estimate of drug-likeness (QED) is 0.138. The Morgan fingerprint density at radius 3 is 1.59 bits per heavy atom. The second kappa shape index (κ2) is 16.5. The first-order valence-electron chi connectivity index (χ1n) is 13.2. The number of carbonyl (C=O) groups excluding carboxylic acids is 5. The molecule has 0 saturated carbocycles. The Balaban J connectivity index is 3.15. The molecule has 1 rings (SSSR count). The first-order valence-corrected chi connectivity index (χ1v) is 13.2. The van der Waals surface area contributed by atoms with Gasteiger partial charge >= 0.3 is 0 Å². The summed E-state index contributed by atoms with van der Waals surface area (Å²) in [7, 11) is 0. The van der Waals surface area contributed by atoms with Crippen molar-refractivity contribution in [3.05, 3.63) is 35.9 Å². The van der Waals surface area contributed by atoms with Crippen molar-refractivity contribution < 1.29 is 29.1 Å². The Kier molecular flexibility index (Phi) is 14.1. The minimum Gasteiger partial charge on any atom is -0.394 e. The van der Waals surface area contributed by atoms with Gasteiger partial charge in [0.25, 0.3) is 0 Å². The van der Waals surface area contributed by atoms with E-state index in [1.54, 1.807) is 24.3 Å². The Bertz CT molecular complexity index is 971. The van der Waals surface area contributed by atoms with Crippen LogP contribution < -0.4 is 32.7 Å². The average Bonchev–Trinajstić information content (AvgIpc) is 2.86. The fraction of sp³-hybridized carbons (Fsp3) is 0.593. The molecule has 0 spiro atoms. The van der Waals surface area contributed by atoms with Crippen LogP contribution in [-0.4, -0.2) is 71.5 Å². The number of benzene rings is 1. The highest BCUT2D eigenvalue weighted by atomic mass is 16.3. The second-order valence-electron chi connectivity index (χ2n) is 10.6. The van der Waals surface area contributed by atoms with Crippen LogP contribution in [0, 0.1) is 11.8 Å². The summed E-state index contributed by atoms with van der Waals surface area (Å²) in [6.45, 7) is 8.36. The number of rotatable bonds is 16. The third-order valence-electron chi connectivity index (χ3n) is 5.91. The van der Waals surface area contributed by atoms with Gasteiger partial charge in [0.1, 0.15) is 30.2 Å². The van der Waals surface area contributed by atoms with E-state index in [2.05, 4.69) is 21.3 Å². The molecule has 0 heterocycles. The van der Waals surface area contributed by atoms with Crippen LogP contribution in [0.5, 0.6) is 0 Å². The molecule has 218 valence electrons. The number of aliphatic hydroxyl groups is 1. The number of hydrogen-bond acceptors (Lipinski definition) is 7. The molecule has 12 heteroatoms. The standard InChI is InChI=1S/C27H44N6O6/c1-15(2)11-20(25(37)30-17(5)23(29)35)32-26(38)21(12-16(3)4)33-27(39)22(31-24(36)19(28)14-34)13-18-9-7-6-8-10-18/h6-10,15-17,19-22,34H,11-14,28H2,1-5H3,(H2,29,35)(H,30,37)(H,31,36)(H,32,38)(H,33,39). The molecule has 5 atom stereocenters. The molecule has 0 saturated heterocycles. The van der Waals surface area contributed by atoms with E-state index in [9.17, 15) is 29.1 Å². The van der Waals surface area contributed by atoms with Crippen LogP contribution in [0.2, 0.25) is 0 Å². The molecule has 0 aromatic heterocycles. The Morgan fingerprint density at radius 2 is 1.15 bits per heavy atom. The van der Waals surface area contributed by atoms with Gasteiger partial charge in [0.15, 0.2) is 0 Å². The number of amides is 5. The Hall–Kier alpha value is -3.51. The fourth-order valence-electron chi connectivity index (χ4n) is 3.76. The predicted octanol–water partition coefficient (Wildman–Crippen LogP) is -0.915. The van der Waals surface area contributed by atoms with Crippen molar-refractivity contribution in [3.63, 3.8) is 0 Å². The number of nitrogens with one attached hydrogen (secondary N) is 4. The van der Waals surface area contributed by atoms with E-state index in [0.29, 0.717) is 0 Å². The summed E-state index contributed by atoms with van der Waals surface area (Å²) in [6, 6.07) is 3.77. The number of aliphatic hydroxyl groups excluding tert-OH is 1. The van der Waals surface area contributed by atoms with E-state index in [0.717, 1.165) is 5.56 Å². The van der Waals surface area contributed by atoms with Gasteiger partial charge in [0.2, 0.25) is 29.5 Å². The highest BCUT2D eigenvalue weighted by Gasteiger charge is 2.31. The minimum atomic E-state index is -1.22. The van der Waals surface area contributed by atoms with Gasteiger partial charge in [-0.3, -0.25) is 24.0 Å². The molecule has 0 aliphatic heterocycles. The summed E-state index contributed by atoms with van der Waals surface area (Å²) in [5.74, 6) is -3.16. The normalized spacial score (nSPS) is 15.0. The van der Waals surface area contributed by atoms with Gasteiger partial charge in [-0.1, -0.05) is 58.0 Å². The van der Waals surface area contributed by atoms with Crippen molar-refractivity contribution >= 4 is 29.5 Å². The summed E-state index contributed by atoms with van der Waals surface area (Å²) in [4.78, 5) is 63.3. The second-order valence-corrected chi connectivity index (χ2v) is 10.6. The predicted molar refractivity (Wildman–Crippen MR) is 147 cm³/mol. The third kappa shape index (κ3) is 12.3. The van der Waals surface area contributed by atoms with E-state index in [1.807, 2.05) is 33.8 Å². The topological polar surface area (TPSA) is 206 Å². The van der Waals surface area contributed by atoms with Gasteiger partial charge < -0.3 is 37.8 Å². The lowest BCUT2D eigenvalue weighted by atomic mass is 9.99. The summed E-state index contributed by atoms with van der Waals surface area (Å²) in [5.41, 5.74) is 11.6. The number of hydrogen-bond donors (Lipinski definition) is 7. The third-order valence-corrected chi connectivity index (χ3v) is 5.91. The molecule has 9 N–H and O–H groups in total. The van der Waals surface area contributed by atoms with Gasteiger partial charge in [0.05, 0.1) is 6.61 Å². The van der Waals surface area contributed by atoms with Crippen molar-refractivity contribution in [1.29, 1.82) is 0 Å². The zero-order valence-electron chi connectivity index (χ0n) is 23.4. The van der Waals surface area contributed by atoms with E-state index >= 15 is 0 Å². The van der Waals surface area contributed by atoms with Crippen LogP contribution in [-0.2, 0) is 30.4 Å². The fourth-order valence-corrected chi connectivity index (χ4v) is 3.76. The van der Waals surface area contributed by atoms with Gasteiger partial charge in [-0.05, 0) is 37.2 Å². The Labute approximate surface area is 230 Å². The van der Waals surface area contributed by atoms with Crippen LogP contribution >= 0.6 is 0 Å². The highest BCUT2D eigenvalue weighted by Crippen LogP contribution is 2.11. The summed E-state index contributed by atoms with van der Waals surface area (Å²) < 4.78 is 0. The molecule has 0 aliphatic rings. The van der Waals surface area contributed by atoms with Crippen LogP contribution in [0.3, 0.4) is 0 Å². The lowest BCUT2D eigenvalue weighted by molar-refractivity contribution is -0.135. The van der Waals surface area contributed by atoms with Gasteiger partial charge in [-0.25, -0.2) is 0 Å². The molecule has 0 aliphatic carbocycles. The minimum absolute atomic E-state index is 0.00159. The maximum absolute atomic E-state index is 13.4. The van der Waals surface area contributed by atoms with Crippen molar-refractivity contribution in [2.24, 2.45) is 23.3 Å². The Morgan fingerprint density at radius 1 is 0.718 bits per heavy atom. The first-order chi connectivity index (χ1) is 18.2. The number of primary amides is 1. The molecular weight excluding hydrogens is 504 g/mol. The number of nitrogens with two attached hydrogens (primary N) is 2. The maximum atomic E-state index is 13.4. The largest absolute Gasteiger partial charge is 0.394 e. The first kappa shape index (κ1) is 33.5. The maximum Gasteiger partial charge on any atom is 0.243 e. The molecule has 0 fully saturated rings. The van der Waals surface area contributed by atoms with Gasteiger partial charge in [0, 0.05) is 6.42 Å². The zero-order chi connectivity index (χ0) is 29.7. The van der Waals surface area contributed by atoms with Gasteiger partial charge in [-0.2, -0.15) is 0 Å². The highest BCUT2D eigenvalue weighted by molar-refractivity contribution is 5.95. The van der Waals surface area contributed by atoms with Gasteiger partial charge in [-0.15, -0.1) is 0 Å². The van der Waals surface area contributed by atoms with Crippen molar-refractivity contribution in [2.45, 2.75) is 84.1 Å². The lowest BCUT2D eigenvalue weighted by Crippen LogP contribution is -2.59. The zero-order valence-corrected chi connectivity index (χ0v) is 23.4. The van der Waals surface area contributed by atoms with E-state index in [-0.39, 0.29) is 31.1 Å². The molecule has 0 radical (unpaired) electrons. The number of carbonyl (C=O) groups is 5. The molecule has 5 unspecified atom stereocenters. The molecular formula is C27H44N6O6. The summed E-state index contributed by atoms with van der Waals surface area (Å²) in [6.07, 6.45) is 0.667. The van der Waals surface area contributed by atoms with Crippen LogP contribution in [0.15, 0.2) is 30.3 Å². The van der Waals surface area contributed by atoms with Crippen LogP contribution in [0.25, 0.3) is 0 Å². The van der Waals surface area contributed by atoms with E-state index in [1.165, 1.54) is 6.92 Å². The van der Waals surface area contributed by atoms with E-state index in [4.69, 9.17) is 11.5 Å². The van der Waals surface area contributed by atoms with Crippen LogP contribution in [0.4, 0.5) is 0 Å². The summed E-state index contributed by atoms with van der Waals surface area (Å²) in [5, 5.41) is 19.7. The molecule has 39 heavy (non-hydrogen) atoms. The molecule has 5 amide bonds. The lowest BCUT2D eigenvalue weighted by Gasteiger charge is -2.27.